The number of fused-ring (bicyclic) bond motifs is 2. The van der Waals surface area contributed by atoms with Crippen LogP contribution in [0.25, 0.3) is 11.3 Å². The van der Waals surface area contributed by atoms with Crippen LogP contribution < -0.4 is 16.0 Å². The molecular weight excluding hydrogens is 615 g/mol. The third-order valence-corrected chi connectivity index (χ3v) is 8.48. The van der Waals surface area contributed by atoms with Crippen LogP contribution in [0.3, 0.4) is 0 Å². The minimum atomic E-state index is -4.84. The van der Waals surface area contributed by atoms with Crippen LogP contribution in [0.2, 0.25) is 0 Å². The molecule has 1 unspecified atom stereocenters. The van der Waals surface area contributed by atoms with Crippen LogP contribution in [0.4, 0.5) is 40.7 Å². The molecule has 7 rings (SSSR count). The van der Waals surface area contributed by atoms with Crippen molar-refractivity contribution in [2.45, 2.75) is 38.6 Å². The highest BCUT2D eigenvalue weighted by molar-refractivity contribution is 7.51. The Balaban J connectivity index is 1.55. The molecule has 1 amide bonds. The molecule has 1 atom stereocenters. The number of carbonyl (C=O) groups is 1. The number of hydrogen-bond donors (Lipinski definition) is 3. The van der Waals surface area contributed by atoms with E-state index in [1.807, 2.05) is 6.92 Å². The normalized spacial score (nSPS) is 15.7. The number of carbonyl (C=O) groups excluding carboxylic acids is 1. The third kappa shape index (κ3) is 8.10. The highest BCUT2D eigenvalue weighted by Gasteiger charge is 2.36. The van der Waals surface area contributed by atoms with E-state index in [-0.39, 0.29) is 23.0 Å². The zero-order valence-corrected chi connectivity index (χ0v) is 25.4. The first-order valence-corrected chi connectivity index (χ1v) is 15.8. The fourth-order valence-corrected chi connectivity index (χ4v) is 6.11. The Morgan fingerprint density at radius 3 is 2.71 bits per heavy atom. The van der Waals surface area contributed by atoms with E-state index < -0.39 is 37.4 Å². The molecule has 3 N–H and O–H groups in total. The quantitative estimate of drug-likeness (QED) is 0.170. The van der Waals surface area contributed by atoms with Gasteiger partial charge in [0.15, 0.2) is 5.69 Å². The van der Waals surface area contributed by atoms with Gasteiger partial charge in [0.25, 0.3) is 5.91 Å². The van der Waals surface area contributed by atoms with E-state index in [4.69, 9.17) is 9.26 Å². The molecular formula is C29H31F4N8O3P. The van der Waals surface area contributed by atoms with Crippen LogP contribution in [0.1, 0.15) is 41.4 Å². The monoisotopic (exact) mass is 646 g/mol. The van der Waals surface area contributed by atoms with Crippen LogP contribution in [0.5, 0.6) is 0 Å². The molecule has 0 fully saturated rings. The highest BCUT2D eigenvalue weighted by atomic mass is 31.1. The summed E-state index contributed by atoms with van der Waals surface area (Å²) in [5.41, 5.74) is 0.286. The number of halogens is 4. The van der Waals surface area contributed by atoms with E-state index in [0.29, 0.717) is 55.3 Å². The summed E-state index contributed by atoms with van der Waals surface area (Å²) in [5, 5.41) is 12.1. The van der Waals surface area contributed by atoms with Gasteiger partial charge >= 0.3 is 6.18 Å². The standard InChI is InChI=1S/C29H31F4N8O3P/c1-3-43-17-45-16-18-6-7-23(21(30)12-18)39-28-35-14-20(29(31,32)33)26(40-28)38-24-9-8-22(37-25(24)27(42)34-2)19-13-36-41(15-19)10-4-5-11-44-45/h6-9,12-15H,3-5,10-11,16-17H2,1-2H3,(H,34,42)(H2,35,38,39,40). The summed E-state index contributed by atoms with van der Waals surface area (Å²) < 4.78 is 70.6. The lowest BCUT2D eigenvalue weighted by Gasteiger charge is -2.18. The average Bonchev–Trinajstić information content (AvgIpc) is 3.48. The van der Waals surface area contributed by atoms with Crippen molar-refractivity contribution in [1.29, 1.82) is 0 Å². The van der Waals surface area contributed by atoms with E-state index in [1.54, 1.807) is 29.2 Å². The van der Waals surface area contributed by atoms with Crippen molar-refractivity contribution in [3.05, 3.63) is 71.6 Å². The van der Waals surface area contributed by atoms with Crippen molar-refractivity contribution >= 4 is 37.2 Å². The zero-order chi connectivity index (χ0) is 32.0. The Bertz CT molecular complexity index is 1650. The van der Waals surface area contributed by atoms with Crippen LogP contribution >= 0.6 is 8.15 Å². The van der Waals surface area contributed by atoms with Crippen LogP contribution in [0, 0.1) is 5.82 Å². The Morgan fingerprint density at radius 2 is 1.96 bits per heavy atom. The molecule has 8 bridgehead atoms. The molecule has 3 aliphatic heterocycles. The third-order valence-electron chi connectivity index (χ3n) is 6.75. The summed E-state index contributed by atoms with van der Waals surface area (Å²) in [6.07, 6.45) is 1.52. The molecule has 16 heteroatoms. The number of amides is 1. The minimum absolute atomic E-state index is 0.0295. The maximum Gasteiger partial charge on any atom is 0.421 e. The second-order valence-electron chi connectivity index (χ2n) is 9.98. The number of benzene rings is 1. The number of nitrogens with zero attached hydrogens (tertiary/aromatic N) is 5. The Morgan fingerprint density at radius 1 is 1.13 bits per heavy atom. The molecule has 3 aromatic heterocycles. The predicted molar refractivity (Wildman–Crippen MR) is 161 cm³/mol. The molecule has 0 saturated carbocycles. The van der Waals surface area contributed by atoms with E-state index >= 15 is 4.39 Å². The number of alkyl halides is 3. The lowest BCUT2D eigenvalue weighted by molar-refractivity contribution is -0.137. The van der Waals surface area contributed by atoms with Crippen LogP contribution in [-0.4, -0.2) is 57.2 Å². The predicted octanol–water partition coefficient (Wildman–Crippen LogP) is 6.44. The first kappa shape index (κ1) is 32.2. The van der Waals surface area contributed by atoms with Gasteiger partial charge in [0.05, 0.1) is 44.4 Å². The molecule has 45 heavy (non-hydrogen) atoms. The first-order chi connectivity index (χ1) is 21.6. The second-order valence-corrected chi connectivity index (χ2v) is 11.8. The molecule has 3 aliphatic rings. The Kier molecular flexibility index (Phi) is 10.2. The summed E-state index contributed by atoms with van der Waals surface area (Å²) >= 11 is 0. The van der Waals surface area contributed by atoms with Gasteiger partial charge in [-0.2, -0.15) is 23.3 Å². The molecule has 1 aromatic carbocycles. The van der Waals surface area contributed by atoms with Gasteiger partial charge in [-0.3, -0.25) is 9.48 Å². The molecule has 4 aromatic rings. The second kappa shape index (κ2) is 14.3. The number of pyridine rings is 1. The maximum absolute atomic E-state index is 15.2. The molecule has 0 aliphatic carbocycles. The number of nitrogens with one attached hydrogen (secondary N) is 3. The maximum atomic E-state index is 15.2. The average molecular weight is 647 g/mol. The van der Waals surface area contributed by atoms with Gasteiger partial charge in [0.1, 0.15) is 17.2 Å². The van der Waals surface area contributed by atoms with Gasteiger partial charge in [-0.15, -0.1) is 0 Å². The molecule has 0 saturated heterocycles. The minimum Gasteiger partial charge on any atom is -0.375 e. The van der Waals surface area contributed by atoms with E-state index in [0.717, 1.165) is 12.8 Å². The van der Waals surface area contributed by atoms with Crippen molar-refractivity contribution in [2.75, 3.05) is 37.2 Å². The first-order valence-electron chi connectivity index (χ1n) is 14.1. The van der Waals surface area contributed by atoms with Crippen molar-refractivity contribution in [2.24, 2.45) is 0 Å². The molecule has 11 nitrogen and oxygen atoms in total. The van der Waals surface area contributed by atoms with Crippen LogP contribution in [-0.2, 0) is 28.1 Å². The van der Waals surface area contributed by atoms with Crippen LogP contribution in [0.15, 0.2) is 48.9 Å². The van der Waals surface area contributed by atoms with Gasteiger partial charge < -0.3 is 25.2 Å². The largest absolute Gasteiger partial charge is 0.421 e. The number of ether oxygens (including phenoxy) is 1. The van der Waals surface area contributed by atoms with E-state index in [1.165, 1.54) is 25.2 Å². The lowest BCUT2D eigenvalue weighted by atomic mass is 10.1. The molecule has 0 spiro atoms. The number of aryl methyl sites for hydroxylation is 1. The lowest BCUT2D eigenvalue weighted by Crippen LogP contribution is -2.21. The van der Waals surface area contributed by atoms with Crippen molar-refractivity contribution in [3.8, 4) is 11.3 Å². The summed E-state index contributed by atoms with van der Waals surface area (Å²) in [5.74, 6) is -2.22. The van der Waals surface area contributed by atoms with E-state index in [9.17, 15) is 18.0 Å². The van der Waals surface area contributed by atoms with Crippen molar-refractivity contribution in [3.63, 3.8) is 0 Å². The fraction of sp³-hybridized carbons (Fsp3) is 0.345. The van der Waals surface area contributed by atoms with Crippen molar-refractivity contribution < 1.29 is 31.6 Å². The van der Waals surface area contributed by atoms with Gasteiger partial charge in [-0.25, -0.2) is 14.4 Å². The number of rotatable bonds is 4. The summed E-state index contributed by atoms with van der Waals surface area (Å²) in [6, 6.07) is 7.50. The van der Waals surface area contributed by atoms with Gasteiger partial charge in [0, 0.05) is 44.3 Å². The molecule has 238 valence electrons. The van der Waals surface area contributed by atoms with Gasteiger partial charge in [-0.1, -0.05) is 6.07 Å². The molecule has 6 heterocycles. The highest BCUT2D eigenvalue weighted by Crippen LogP contribution is 2.42. The number of aromatic nitrogens is 5. The van der Waals surface area contributed by atoms with Gasteiger partial charge in [-0.05, 0) is 49.6 Å². The zero-order valence-electron chi connectivity index (χ0n) is 24.5. The Hall–Kier alpha value is -4.20. The summed E-state index contributed by atoms with van der Waals surface area (Å²) in [6.45, 7) is 3.51. The smallest absolute Gasteiger partial charge is 0.375 e. The Labute approximate surface area is 257 Å². The molecule has 0 radical (unpaired) electrons. The van der Waals surface area contributed by atoms with Crippen molar-refractivity contribution in [1.82, 2.24) is 30.0 Å². The van der Waals surface area contributed by atoms with Gasteiger partial charge in [0.2, 0.25) is 5.95 Å². The summed E-state index contributed by atoms with van der Waals surface area (Å²) in [7, 11) is 0.336. The topological polar surface area (TPSA) is 128 Å². The fourth-order valence-electron chi connectivity index (χ4n) is 4.48. The van der Waals surface area contributed by atoms with E-state index in [2.05, 4.69) is 36.0 Å². The SMILES string of the molecule is CCOCP1Cc2ccc(c(F)c2)Nc2ncc(C(F)(F)F)c(n2)Nc2ccc(nc2C(=O)NC)-c2cnn(c2)CCCCO1. The number of anilines is 4. The number of hydrogen-bond acceptors (Lipinski definition) is 9. The summed E-state index contributed by atoms with van der Waals surface area (Å²) in [4.78, 5) is 25.0.